The first-order chi connectivity index (χ1) is 9.63. The van der Waals surface area contributed by atoms with Crippen LogP contribution in [-0.4, -0.2) is 48.2 Å². The maximum absolute atomic E-state index is 11.9. The smallest absolute Gasteiger partial charge is 0.230 e. The van der Waals surface area contributed by atoms with E-state index >= 15 is 0 Å². The molecule has 6 nitrogen and oxygen atoms in total. The molecule has 1 aliphatic heterocycles. The summed E-state index contributed by atoms with van der Waals surface area (Å²) in [6.45, 7) is 2.26. The van der Waals surface area contributed by atoms with Crippen LogP contribution in [0.2, 0.25) is 0 Å². The number of ether oxygens (including phenoxy) is 1. The predicted molar refractivity (Wildman–Crippen MR) is 73.2 cm³/mol. The second-order valence-electron chi connectivity index (χ2n) is 5.64. The minimum atomic E-state index is 0.177. The van der Waals surface area contributed by atoms with Gasteiger partial charge in [0, 0.05) is 19.6 Å². The molecule has 0 bridgehead atoms. The number of ketones is 1. The summed E-state index contributed by atoms with van der Waals surface area (Å²) in [5, 5.41) is 7.85. The summed E-state index contributed by atoms with van der Waals surface area (Å²) in [5.74, 6) is 1.79. The van der Waals surface area contributed by atoms with Crippen LogP contribution in [0.1, 0.15) is 37.5 Å². The monoisotopic (exact) mass is 281 g/mol. The molecule has 0 atom stereocenters. The Morgan fingerprint density at radius 3 is 2.65 bits per heavy atom. The van der Waals surface area contributed by atoms with Crippen LogP contribution < -0.4 is 0 Å². The molecule has 0 spiro atoms. The van der Waals surface area contributed by atoms with Crippen molar-refractivity contribution in [3.8, 4) is 0 Å². The average molecular weight is 281 g/mol. The van der Waals surface area contributed by atoms with Gasteiger partial charge < -0.3 is 14.1 Å². The molecule has 20 heavy (non-hydrogen) atoms. The van der Waals surface area contributed by atoms with Crippen molar-refractivity contribution in [2.75, 3.05) is 27.3 Å². The summed E-state index contributed by atoms with van der Waals surface area (Å²) in [4.78, 5) is 13.9. The molecule has 2 rings (SSSR count). The molecule has 0 N–H and O–H groups in total. The zero-order chi connectivity index (χ0) is 14.4. The van der Waals surface area contributed by atoms with Crippen LogP contribution in [0.15, 0.2) is 4.42 Å². The van der Waals surface area contributed by atoms with Crippen molar-refractivity contribution in [3.05, 3.63) is 11.8 Å². The number of aromatic nitrogens is 2. The first-order valence-electron chi connectivity index (χ1n) is 7.19. The molecule has 1 fully saturated rings. The van der Waals surface area contributed by atoms with Gasteiger partial charge in [-0.1, -0.05) is 0 Å². The lowest BCUT2D eigenvalue weighted by Crippen LogP contribution is -2.17. The fourth-order valence-corrected chi connectivity index (χ4v) is 2.35. The van der Waals surface area contributed by atoms with Crippen LogP contribution in [0.3, 0.4) is 0 Å². The summed E-state index contributed by atoms with van der Waals surface area (Å²) >= 11 is 0. The highest BCUT2D eigenvalue weighted by Crippen LogP contribution is 2.20. The quantitative estimate of drug-likeness (QED) is 0.753. The molecular formula is C14H23N3O3. The minimum Gasteiger partial charge on any atom is -0.423 e. The average Bonchev–Trinajstić information content (AvgIpc) is 2.84. The van der Waals surface area contributed by atoms with Crippen LogP contribution in [0.5, 0.6) is 0 Å². The Labute approximate surface area is 119 Å². The number of hydrogen-bond donors (Lipinski definition) is 0. The molecule has 0 unspecified atom stereocenters. The highest BCUT2D eigenvalue weighted by Gasteiger charge is 2.17. The Morgan fingerprint density at radius 1 is 1.25 bits per heavy atom. The largest absolute Gasteiger partial charge is 0.423 e. The zero-order valence-corrected chi connectivity index (χ0v) is 12.3. The Kier molecular flexibility index (Phi) is 5.67. The third kappa shape index (κ3) is 5.02. The molecule has 0 aromatic carbocycles. The van der Waals surface area contributed by atoms with E-state index in [0.717, 1.165) is 32.5 Å². The normalized spacial score (nSPS) is 16.8. The van der Waals surface area contributed by atoms with E-state index in [1.54, 1.807) is 0 Å². The number of Topliss-reactive ketones (excluding diaryl/α,β-unsaturated/α-hetero) is 1. The molecule has 2 heterocycles. The third-order valence-electron chi connectivity index (χ3n) is 3.48. The van der Waals surface area contributed by atoms with E-state index < -0.39 is 0 Å². The number of carbonyl (C=O) groups excluding carboxylic acids is 1. The van der Waals surface area contributed by atoms with E-state index in [-0.39, 0.29) is 12.2 Å². The highest BCUT2D eigenvalue weighted by atomic mass is 16.5. The van der Waals surface area contributed by atoms with Gasteiger partial charge in [-0.25, -0.2) is 0 Å². The molecule has 1 aromatic heterocycles. The van der Waals surface area contributed by atoms with Crippen molar-refractivity contribution < 1.29 is 13.9 Å². The van der Waals surface area contributed by atoms with Crippen molar-refractivity contribution in [1.82, 2.24) is 15.1 Å². The van der Waals surface area contributed by atoms with Crippen LogP contribution in [0.25, 0.3) is 0 Å². The predicted octanol–water partition coefficient (Wildman–Crippen LogP) is 1.45. The van der Waals surface area contributed by atoms with Crippen molar-refractivity contribution in [1.29, 1.82) is 0 Å². The topological polar surface area (TPSA) is 68.5 Å². The van der Waals surface area contributed by atoms with Gasteiger partial charge in [-0.3, -0.25) is 4.79 Å². The number of rotatable bonds is 7. The lowest BCUT2D eigenvalue weighted by molar-refractivity contribution is -0.119. The summed E-state index contributed by atoms with van der Waals surface area (Å²) in [5.41, 5.74) is 0. The Bertz CT molecular complexity index is 425. The Balaban J connectivity index is 1.72. The van der Waals surface area contributed by atoms with E-state index in [2.05, 4.69) is 10.2 Å². The molecule has 1 aromatic rings. The van der Waals surface area contributed by atoms with Crippen molar-refractivity contribution in [3.63, 3.8) is 0 Å². The van der Waals surface area contributed by atoms with Crippen LogP contribution in [0.4, 0.5) is 0 Å². The van der Waals surface area contributed by atoms with E-state index in [1.807, 2.05) is 19.0 Å². The zero-order valence-electron chi connectivity index (χ0n) is 12.3. The first-order valence-corrected chi connectivity index (χ1v) is 7.19. The molecule has 6 heteroatoms. The standard InChI is InChI=1S/C14H23N3O3/c1-17(2)10-14-16-15-13(20-14)9-12(18)4-3-11-5-7-19-8-6-11/h11H,3-10H2,1-2H3. The van der Waals surface area contributed by atoms with Gasteiger partial charge in [-0.2, -0.15) is 0 Å². The summed E-state index contributed by atoms with van der Waals surface area (Å²) in [6.07, 6.45) is 3.93. The lowest BCUT2D eigenvalue weighted by Gasteiger charge is -2.21. The minimum absolute atomic E-state index is 0.177. The van der Waals surface area contributed by atoms with Gasteiger partial charge in [0.05, 0.1) is 13.0 Å². The van der Waals surface area contributed by atoms with Crippen LogP contribution in [0, 0.1) is 5.92 Å². The first kappa shape index (κ1) is 15.1. The third-order valence-corrected chi connectivity index (χ3v) is 3.48. The fourth-order valence-electron chi connectivity index (χ4n) is 2.35. The highest BCUT2D eigenvalue weighted by molar-refractivity contribution is 5.79. The molecule has 112 valence electrons. The molecular weight excluding hydrogens is 258 g/mol. The molecule has 0 aliphatic carbocycles. The maximum Gasteiger partial charge on any atom is 0.230 e. The number of nitrogens with zero attached hydrogens (tertiary/aromatic N) is 3. The molecule has 1 aliphatic rings. The summed E-state index contributed by atoms with van der Waals surface area (Å²) in [7, 11) is 3.87. The molecule has 0 radical (unpaired) electrons. The number of hydrogen-bond acceptors (Lipinski definition) is 6. The van der Waals surface area contributed by atoms with Gasteiger partial charge in [0.15, 0.2) is 0 Å². The second-order valence-corrected chi connectivity index (χ2v) is 5.64. The van der Waals surface area contributed by atoms with Crippen LogP contribution >= 0.6 is 0 Å². The maximum atomic E-state index is 11.9. The van der Waals surface area contributed by atoms with E-state index in [9.17, 15) is 4.79 Å². The molecule has 1 saturated heterocycles. The van der Waals surface area contributed by atoms with E-state index in [0.29, 0.717) is 30.7 Å². The van der Waals surface area contributed by atoms with Gasteiger partial charge in [0.2, 0.25) is 11.8 Å². The van der Waals surface area contributed by atoms with Gasteiger partial charge in [-0.15, -0.1) is 10.2 Å². The molecule has 0 amide bonds. The molecule has 0 saturated carbocycles. The van der Waals surface area contributed by atoms with Gasteiger partial charge in [-0.05, 0) is 39.3 Å². The van der Waals surface area contributed by atoms with E-state index in [4.69, 9.17) is 9.15 Å². The Morgan fingerprint density at radius 2 is 1.95 bits per heavy atom. The van der Waals surface area contributed by atoms with E-state index in [1.165, 1.54) is 0 Å². The van der Waals surface area contributed by atoms with Gasteiger partial charge in [0.25, 0.3) is 0 Å². The number of carbonyl (C=O) groups is 1. The lowest BCUT2D eigenvalue weighted by atomic mass is 9.93. The SMILES string of the molecule is CN(C)Cc1nnc(CC(=O)CCC2CCOCC2)o1. The van der Waals surface area contributed by atoms with Crippen molar-refractivity contribution in [2.24, 2.45) is 5.92 Å². The fraction of sp³-hybridized carbons (Fsp3) is 0.786. The Hall–Kier alpha value is -1.27. The summed E-state index contributed by atoms with van der Waals surface area (Å²) < 4.78 is 10.8. The van der Waals surface area contributed by atoms with Crippen molar-refractivity contribution in [2.45, 2.75) is 38.6 Å². The summed E-state index contributed by atoms with van der Waals surface area (Å²) in [6, 6.07) is 0. The van der Waals surface area contributed by atoms with Gasteiger partial charge >= 0.3 is 0 Å². The second kappa shape index (κ2) is 7.50. The van der Waals surface area contributed by atoms with Crippen LogP contribution in [-0.2, 0) is 22.5 Å². The van der Waals surface area contributed by atoms with Gasteiger partial charge in [0.1, 0.15) is 5.78 Å². The van der Waals surface area contributed by atoms with Crippen molar-refractivity contribution >= 4 is 5.78 Å².